The van der Waals surface area contributed by atoms with Crippen molar-refractivity contribution in [3.8, 4) is 0 Å². The van der Waals surface area contributed by atoms with Gasteiger partial charge in [-0.1, -0.05) is 27.7 Å². The van der Waals surface area contributed by atoms with Crippen LogP contribution >= 0.6 is 11.3 Å². The first-order valence-corrected chi connectivity index (χ1v) is 22.8. The molecule has 16 heteroatoms. The third kappa shape index (κ3) is 11.5. The Kier molecular flexibility index (Phi) is 17.6. The number of likely N-dealkylation sites (N-methyl/N-ethyl adjacent to an activating group) is 1. The summed E-state index contributed by atoms with van der Waals surface area (Å²) in [5.41, 5.74) is -3.96. The number of methoxy groups -OCH3 is 1. The second-order valence-corrected chi connectivity index (χ2v) is 20.2. The second-order valence-electron chi connectivity index (χ2n) is 19.1. The van der Waals surface area contributed by atoms with Gasteiger partial charge >= 0.3 is 5.97 Å². The van der Waals surface area contributed by atoms with E-state index in [2.05, 4.69) is 9.88 Å². The van der Waals surface area contributed by atoms with Gasteiger partial charge in [0.05, 0.1) is 71.1 Å². The fourth-order valence-corrected chi connectivity index (χ4v) is 10.4. The van der Waals surface area contributed by atoms with Gasteiger partial charge in [-0.25, -0.2) is 4.98 Å². The molecule has 0 spiro atoms. The van der Waals surface area contributed by atoms with Crippen LogP contribution in [-0.2, 0) is 44.6 Å². The molecule has 0 aromatic carbocycles. The zero-order valence-electron chi connectivity index (χ0n) is 38.7. The van der Waals surface area contributed by atoms with Crippen LogP contribution in [0.2, 0.25) is 0 Å². The summed E-state index contributed by atoms with van der Waals surface area (Å²) in [5.74, 6) is -3.77. The number of esters is 1. The minimum Gasteiger partial charge on any atom is -0.459 e. The van der Waals surface area contributed by atoms with Crippen LogP contribution in [0, 0.1) is 30.6 Å². The molecule has 0 radical (unpaired) electrons. The van der Waals surface area contributed by atoms with Crippen molar-refractivity contribution in [2.45, 2.75) is 219 Å². The van der Waals surface area contributed by atoms with Crippen LogP contribution < -0.4 is 0 Å². The molecule has 348 valence electrons. The van der Waals surface area contributed by atoms with E-state index in [9.17, 15) is 30.3 Å². The van der Waals surface area contributed by atoms with Gasteiger partial charge in [-0.2, -0.15) is 0 Å². The number of aryl methyl sites for hydroxylation is 1. The average molecular weight is 875 g/mol. The third-order valence-corrected chi connectivity index (χ3v) is 14.6. The number of aliphatic hydroxyl groups excluding tert-OH is 3. The van der Waals surface area contributed by atoms with Crippen molar-refractivity contribution in [1.29, 1.82) is 0 Å². The monoisotopic (exact) mass is 875 g/mol. The van der Waals surface area contributed by atoms with E-state index in [1.807, 2.05) is 54.0 Å². The molecule has 0 bridgehead atoms. The number of aliphatic hydroxyl groups is 5. The van der Waals surface area contributed by atoms with E-state index < -0.39 is 108 Å². The summed E-state index contributed by atoms with van der Waals surface area (Å²) in [7, 11) is 3.46. The predicted molar refractivity (Wildman–Crippen MR) is 226 cm³/mol. The van der Waals surface area contributed by atoms with Crippen molar-refractivity contribution in [3.63, 3.8) is 0 Å². The summed E-state index contributed by atoms with van der Waals surface area (Å²) in [6.45, 7) is 23.6. The smallest absolute Gasteiger partial charge is 0.311 e. The van der Waals surface area contributed by atoms with Gasteiger partial charge in [0.25, 0.3) is 0 Å². The molecular formula is C44H78N2O13S. The maximum absolute atomic E-state index is 14.4. The standard InChI is InChI=1S/C44H78N2O13S/c1-16-32-44(13,52)37(48)25(6)35(54-20-30-21-60-29(10)45-30)23(4)18-42(11,51)39(59-41-34(47)31(17-24(5)55-41)46(14)22(2)3)26(7)36(27(8)40(50)57-32)58-33-19-43(12,53-15)38(49)28(9)56-33/h21-28,31-39,41,47-49,51-52H,16-20H2,1-15H3/t23-,24-,25+,26+,27-,28+,31+,32-,33+,34-,35+,36+,37-,38+,39-,41+,42-,43-,44-/m1/s1. The lowest BCUT2D eigenvalue weighted by Gasteiger charge is -2.50. The van der Waals surface area contributed by atoms with Crippen molar-refractivity contribution in [1.82, 2.24) is 9.88 Å². The number of carbonyl (C=O) groups is 1. The number of cyclic esters (lactones) is 1. The van der Waals surface area contributed by atoms with Crippen LogP contribution in [-0.4, -0.2) is 152 Å². The quantitative estimate of drug-likeness (QED) is 0.197. The maximum atomic E-state index is 14.4. The van der Waals surface area contributed by atoms with E-state index >= 15 is 0 Å². The molecule has 0 saturated carbocycles. The number of nitrogens with zero attached hydrogens (tertiary/aromatic N) is 2. The Balaban J connectivity index is 1.87. The zero-order valence-corrected chi connectivity index (χ0v) is 39.5. The highest BCUT2D eigenvalue weighted by Gasteiger charge is 2.54. The summed E-state index contributed by atoms with van der Waals surface area (Å²) in [5, 5.41) is 62.7. The molecule has 1 aromatic heterocycles. The molecule has 3 aliphatic rings. The van der Waals surface area contributed by atoms with E-state index in [-0.39, 0.29) is 44.1 Å². The van der Waals surface area contributed by atoms with Gasteiger partial charge in [-0.3, -0.25) is 9.69 Å². The fraction of sp³-hybridized carbons (Fsp3) is 0.909. The molecule has 4 heterocycles. The van der Waals surface area contributed by atoms with E-state index in [1.54, 1.807) is 41.5 Å². The summed E-state index contributed by atoms with van der Waals surface area (Å²) in [4.78, 5) is 21.1. The molecule has 15 nitrogen and oxygen atoms in total. The molecule has 4 rings (SSSR count). The third-order valence-electron chi connectivity index (χ3n) is 13.8. The Morgan fingerprint density at radius 2 is 1.62 bits per heavy atom. The fourth-order valence-electron chi connectivity index (χ4n) is 9.82. The lowest BCUT2D eigenvalue weighted by molar-refractivity contribution is -0.319. The Morgan fingerprint density at radius 1 is 0.967 bits per heavy atom. The number of carbonyl (C=O) groups excluding carboxylic acids is 1. The van der Waals surface area contributed by atoms with Gasteiger partial charge < -0.3 is 58.7 Å². The average Bonchev–Trinajstić information content (AvgIpc) is 3.60. The molecule has 3 saturated heterocycles. The van der Waals surface area contributed by atoms with Crippen LogP contribution in [0.25, 0.3) is 0 Å². The Bertz CT molecular complexity index is 1510. The van der Waals surface area contributed by atoms with Gasteiger partial charge in [0.2, 0.25) is 0 Å². The lowest BCUT2D eigenvalue weighted by atomic mass is 9.73. The first-order chi connectivity index (χ1) is 27.8. The Labute approximate surface area is 362 Å². The summed E-state index contributed by atoms with van der Waals surface area (Å²) >= 11 is 1.49. The van der Waals surface area contributed by atoms with Crippen LogP contribution in [0.4, 0.5) is 0 Å². The summed E-state index contributed by atoms with van der Waals surface area (Å²) in [6.07, 6.45) is -9.82. The SMILES string of the molecule is CC[C@H]1OC(=O)[C@H](C)[C@@H](O[C@H]2C[C@@](C)(OC)[C@@H](O)[C@H](C)O2)[C@H](C)[C@@H](O[C@@H]2O[C@H](C)C[C@H](N(C)C(C)C)[C@H]2O)[C@](C)(O)C[C@@H](C)[C@H](OCc2csc(C)n2)[C@H](C)[C@@H](O)[C@]1(C)O. The number of ether oxygens (including phenoxy) is 7. The molecule has 19 atom stereocenters. The van der Waals surface area contributed by atoms with Gasteiger partial charge in [0.1, 0.15) is 23.9 Å². The van der Waals surface area contributed by atoms with Crippen molar-refractivity contribution < 1.29 is 63.5 Å². The van der Waals surface area contributed by atoms with Crippen LogP contribution in [0.3, 0.4) is 0 Å². The second kappa shape index (κ2) is 20.6. The minimum atomic E-state index is -1.91. The van der Waals surface area contributed by atoms with Crippen LogP contribution in [0.1, 0.15) is 119 Å². The minimum absolute atomic E-state index is 0.0588. The number of aromatic nitrogens is 1. The number of thiazole rings is 1. The number of rotatable bonds is 11. The van der Waals surface area contributed by atoms with Crippen molar-refractivity contribution in [2.75, 3.05) is 14.2 Å². The first kappa shape index (κ1) is 51.3. The van der Waals surface area contributed by atoms with Crippen molar-refractivity contribution >= 4 is 17.3 Å². The van der Waals surface area contributed by atoms with E-state index in [4.69, 9.17) is 33.2 Å². The van der Waals surface area contributed by atoms with E-state index in [0.717, 1.165) is 5.01 Å². The first-order valence-electron chi connectivity index (χ1n) is 21.9. The molecule has 0 amide bonds. The molecule has 5 N–H and O–H groups in total. The predicted octanol–water partition coefficient (Wildman–Crippen LogP) is 4.35. The number of hydrogen-bond donors (Lipinski definition) is 5. The van der Waals surface area contributed by atoms with Gasteiger partial charge in [0, 0.05) is 42.8 Å². The molecular weight excluding hydrogens is 797 g/mol. The summed E-state index contributed by atoms with van der Waals surface area (Å²) in [6, 6.07) is -0.206. The maximum Gasteiger partial charge on any atom is 0.311 e. The highest BCUT2D eigenvalue weighted by Crippen LogP contribution is 2.42. The molecule has 60 heavy (non-hydrogen) atoms. The van der Waals surface area contributed by atoms with Crippen molar-refractivity contribution in [2.24, 2.45) is 23.7 Å². The van der Waals surface area contributed by atoms with Crippen molar-refractivity contribution in [3.05, 3.63) is 16.1 Å². The largest absolute Gasteiger partial charge is 0.459 e. The highest BCUT2D eigenvalue weighted by atomic mass is 32.1. The summed E-state index contributed by atoms with van der Waals surface area (Å²) < 4.78 is 44.7. The Morgan fingerprint density at radius 3 is 2.18 bits per heavy atom. The number of hydrogen-bond acceptors (Lipinski definition) is 16. The molecule has 1 aromatic rings. The van der Waals surface area contributed by atoms with Gasteiger partial charge in [0.15, 0.2) is 12.6 Å². The van der Waals surface area contributed by atoms with E-state index in [0.29, 0.717) is 12.1 Å². The normalized spacial score (nSPS) is 45.4. The molecule has 0 unspecified atom stereocenters. The van der Waals surface area contributed by atoms with Gasteiger partial charge in [-0.15, -0.1) is 11.3 Å². The van der Waals surface area contributed by atoms with Crippen LogP contribution in [0.5, 0.6) is 0 Å². The lowest BCUT2D eigenvalue weighted by Crippen LogP contribution is -2.62. The topological polar surface area (TPSA) is 199 Å². The Hall–Kier alpha value is -1.38. The molecule has 3 fully saturated rings. The van der Waals surface area contributed by atoms with Crippen LogP contribution in [0.15, 0.2) is 5.38 Å². The highest BCUT2D eigenvalue weighted by molar-refractivity contribution is 7.09. The zero-order chi connectivity index (χ0) is 45.2. The molecule has 3 aliphatic heterocycles. The van der Waals surface area contributed by atoms with Gasteiger partial charge in [-0.05, 0) is 94.5 Å². The van der Waals surface area contributed by atoms with E-state index in [1.165, 1.54) is 25.4 Å². The molecule has 0 aliphatic carbocycles.